The SMILES string of the molecule is CCc1cc(Br)ccc1NC1CSC(C)C1. The second-order valence-corrected chi connectivity index (χ2v) is 6.76. The van der Waals surface area contributed by atoms with E-state index in [1.54, 1.807) is 0 Å². The van der Waals surface area contributed by atoms with Crippen LogP contribution in [-0.4, -0.2) is 17.0 Å². The molecule has 1 fully saturated rings. The molecule has 1 N–H and O–H groups in total. The number of aryl methyl sites for hydroxylation is 1. The number of halogens is 1. The largest absolute Gasteiger partial charge is 0.381 e. The van der Waals surface area contributed by atoms with E-state index in [0.29, 0.717) is 6.04 Å². The third kappa shape index (κ3) is 2.95. The molecule has 0 saturated carbocycles. The Hall–Kier alpha value is -0.150. The molecule has 3 heteroatoms. The van der Waals surface area contributed by atoms with Gasteiger partial charge in [0.2, 0.25) is 0 Å². The summed E-state index contributed by atoms with van der Waals surface area (Å²) in [5.74, 6) is 1.24. The standard InChI is InChI=1S/C13H18BrNS/c1-3-10-7-11(14)4-5-13(10)15-12-6-9(2)16-8-12/h4-5,7,9,12,15H,3,6,8H2,1-2H3. The third-order valence-electron chi connectivity index (χ3n) is 3.01. The zero-order valence-corrected chi connectivity index (χ0v) is 12.2. The van der Waals surface area contributed by atoms with Crippen molar-refractivity contribution >= 4 is 33.4 Å². The van der Waals surface area contributed by atoms with Gasteiger partial charge in [0.15, 0.2) is 0 Å². The summed E-state index contributed by atoms with van der Waals surface area (Å²) >= 11 is 5.60. The van der Waals surface area contributed by atoms with Gasteiger partial charge >= 0.3 is 0 Å². The van der Waals surface area contributed by atoms with Crippen LogP contribution in [0, 0.1) is 0 Å². The molecule has 1 aromatic rings. The first kappa shape index (κ1) is 12.3. The van der Waals surface area contributed by atoms with E-state index in [0.717, 1.165) is 11.7 Å². The summed E-state index contributed by atoms with van der Waals surface area (Å²) in [5, 5.41) is 4.48. The van der Waals surface area contributed by atoms with Gasteiger partial charge in [-0.1, -0.05) is 29.8 Å². The van der Waals surface area contributed by atoms with E-state index in [-0.39, 0.29) is 0 Å². The predicted octanol–water partition coefficient (Wildman–Crippen LogP) is 4.32. The fourth-order valence-electron chi connectivity index (χ4n) is 2.13. The molecule has 0 aromatic heterocycles. The van der Waals surface area contributed by atoms with Crippen LogP contribution in [0.3, 0.4) is 0 Å². The molecule has 1 heterocycles. The van der Waals surface area contributed by atoms with Crippen LogP contribution in [0.15, 0.2) is 22.7 Å². The first-order valence-corrected chi connectivity index (χ1v) is 7.69. The van der Waals surface area contributed by atoms with Gasteiger partial charge in [0.25, 0.3) is 0 Å². The molecule has 2 rings (SSSR count). The summed E-state index contributed by atoms with van der Waals surface area (Å²) in [4.78, 5) is 0. The molecule has 0 radical (unpaired) electrons. The lowest BCUT2D eigenvalue weighted by Gasteiger charge is -2.16. The molecular formula is C13H18BrNS. The lowest BCUT2D eigenvalue weighted by atomic mass is 10.1. The molecule has 1 aromatic carbocycles. The number of nitrogens with one attached hydrogen (secondary N) is 1. The minimum Gasteiger partial charge on any atom is -0.381 e. The van der Waals surface area contributed by atoms with Gasteiger partial charge in [-0.15, -0.1) is 0 Å². The summed E-state index contributed by atoms with van der Waals surface area (Å²) in [5.41, 5.74) is 2.71. The van der Waals surface area contributed by atoms with Gasteiger partial charge in [0, 0.05) is 27.2 Å². The Labute approximate surface area is 111 Å². The monoisotopic (exact) mass is 299 g/mol. The van der Waals surface area contributed by atoms with Gasteiger partial charge in [0.1, 0.15) is 0 Å². The molecule has 2 atom stereocenters. The van der Waals surface area contributed by atoms with Crippen molar-refractivity contribution in [3.05, 3.63) is 28.2 Å². The zero-order chi connectivity index (χ0) is 11.5. The molecule has 2 unspecified atom stereocenters. The highest BCUT2D eigenvalue weighted by molar-refractivity contribution is 9.10. The van der Waals surface area contributed by atoms with Crippen molar-refractivity contribution in [2.75, 3.05) is 11.1 Å². The van der Waals surface area contributed by atoms with Crippen LogP contribution < -0.4 is 5.32 Å². The number of benzene rings is 1. The molecule has 0 aliphatic carbocycles. The highest BCUT2D eigenvalue weighted by atomic mass is 79.9. The summed E-state index contributed by atoms with van der Waals surface area (Å²) in [6.07, 6.45) is 2.36. The second-order valence-electron chi connectivity index (χ2n) is 4.38. The Balaban J connectivity index is 2.08. The normalized spacial score (nSPS) is 24.7. The van der Waals surface area contributed by atoms with Crippen molar-refractivity contribution < 1.29 is 0 Å². The van der Waals surface area contributed by atoms with Crippen molar-refractivity contribution in [2.45, 2.75) is 38.0 Å². The van der Waals surface area contributed by atoms with E-state index in [1.165, 1.54) is 27.9 Å². The summed E-state index contributed by atoms with van der Waals surface area (Å²) < 4.78 is 1.17. The quantitative estimate of drug-likeness (QED) is 0.892. The number of anilines is 1. The van der Waals surface area contributed by atoms with Crippen LogP contribution in [0.5, 0.6) is 0 Å². The molecule has 1 aliphatic rings. The van der Waals surface area contributed by atoms with Gasteiger partial charge in [-0.2, -0.15) is 11.8 Å². The molecule has 1 saturated heterocycles. The van der Waals surface area contributed by atoms with Crippen molar-refractivity contribution in [2.24, 2.45) is 0 Å². The van der Waals surface area contributed by atoms with Crippen LogP contribution >= 0.6 is 27.7 Å². The molecule has 1 nitrogen and oxygen atoms in total. The fourth-order valence-corrected chi connectivity index (χ4v) is 3.69. The highest BCUT2D eigenvalue weighted by Gasteiger charge is 2.21. The van der Waals surface area contributed by atoms with E-state index in [9.17, 15) is 0 Å². The third-order valence-corrected chi connectivity index (χ3v) is 4.86. The van der Waals surface area contributed by atoms with E-state index in [1.807, 2.05) is 0 Å². The van der Waals surface area contributed by atoms with Crippen molar-refractivity contribution in [1.82, 2.24) is 0 Å². The molecule has 0 spiro atoms. The van der Waals surface area contributed by atoms with Gasteiger partial charge < -0.3 is 5.32 Å². The minimum absolute atomic E-state index is 0.645. The second kappa shape index (κ2) is 5.46. The smallest absolute Gasteiger partial charge is 0.0375 e. The lowest BCUT2D eigenvalue weighted by Crippen LogP contribution is -2.19. The number of thioether (sulfide) groups is 1. The van der Waals surface area contributed by atoms with Crippen LogP contribution in [0.1, 0.15) is 25.8 Å². The van der Waals surface area contributed by atoms with E-state index in [4.69, 9.17) is 0 Å². The molecule has 88 valence electrons. The van der Waals surface area contributed by atoms with Gasteiger partial charge in [-0.05, 0) is 36.6 Å². The average molecular weight is 300 g/mol. The maximum absolute atomic E-state index is 3.68. The Morgan fingerprint density at radius 3 is 2.94 bits per heavy atom. The maximum Gasteiger partial charge on any atom is 0.0375 e. The molecule has 0 amide bonds. The van der Waals surface area contributed by atoms with Crippen LogP contribution in [0.4, 0.5) is 5.69 Å². The van der Waals surface area contributed by atoms with Crippen molar-refractivity contribution in [1.29, 1.82) is 0 Å². The Morgan fingerprint density at radius 2 is 2.31 bits per heavy atom. The van der Waals surface area contributed by atoms with Crippen LogP contribution in [0.25, 0.3) is 0 Å². The number of hydrogen-bond acceptors (Lipinski definition) is 2. The minimum atomic E-state index is 0.645. The average Bonchev–Trinajstić information content (AvgIpc) is 2.67. The maximum atomic E-state index is 3.68. The van der Waals surface area contributed by atoms with E-state index < -0.39 is 0 Å². The van der Waals surface area contributed by atoms with Crippen molar-refractivity contribution in [3.63, 3.8) is 0 Å². The Morgan fingerprint density at radius 1 is 1.50 bits per heavy atom. The Bertz CT molecular complexity index is 367. The fraction of sp³-hybridized carbons (Fsp3) is 0.538. The lowest BCUT2D eigenvalue weighted by molar-refractivity contribution is 0.745. The summed E-state index contributed by atoms with van der Waals surface area (Å²) in [7, 11) is 0. The van der Waals surface area contributed by atoms with Gasteiger partial charge in [-0.3, -0.25) is 0 Å². The summed E-state index contributed by atoms with van der Waals surface area (Å²) in [6.45, 7) is 4.52. The topological polar surface area (TPSA) is 12.0 Å². The zero-order valence-electron chi connectivity index (χ0n) is 9.79. The highest BCUT2D eigenvalue weighted by Crippen LogP contribution is 2.30. The van der Waals surface area contributed by atoms with E-state index in [2.05, 4.69) is 65.1 Å². The molecular weight excluding hydrogens is 282 g/mol. The predicted molar refractivity (Wildman–Crippen MR) is 77.5 cm³/mol. The van der Waals surface area contributed by atoms with Crippen molar-refractivity contribution in [3.8, 4) is 0 Å². The first-order chi connectivity index (χ1) is 7.69. The van der Waals surface area contributed by atoms with Gasteiger partial charge in [-0.25, -0.2) is 0 Å². The van der Waals surface area contributed by atoms with Crippen LogP contribution in [-0.2, 0) is 6.42 Å². The van der Waals surface area contributed by atoms with Gasteiger partial charge in [0.05, 0.1) is 0 Å². The number of hydrogen-bond donors (Lipinski definition) is 1. The Kier molecular flexibility index (Phi) is 4.20. The van der Waals surface area contributed by atoms with E-state index >= 15 is 0 Å². The first-order valence-electron chi connectivity index (χ1n) is 5.85. The summed E-state index contributed by atoms with van der Waals surface area (Å²) in [6, 6.07) is 7.17. The molecule has 0 bridgehead atoms. The number of rotatable bonds is 3. The molecule has 1 aliphatic heterocycles. The van der Waals surface area contributed by atoms with Crippen LogP contribution in [0.2, 0.25) is 0 Å². The molecule has 16 heavy (non-hydrogen) atoms.